The third-order valence-corrected chi connectivity index (χ3v) is 2.96. The van der Waals surface area contributed by atoms with Gasteiger partial charge in [-0.3, -0.25) is 4.68 Å². The number of carbonyl (C=O) groups is 1. The zero-order chi connectivity index (χ0) is 12.4. The molecule has 0 atom stereocenters. The van der Waals surface area contributed by atoms with E-state index in [0.29, 0.717) is 23.2 Å². The Kier molecular flexibility index (Phi) is 3.23. The van der Waals surface area contributed by atoms with Crippen molar-refractivity contribution < 1.29 is 9.90 Å². The Hall–Kier alpha value is -1.69. The molecular formula is C11H13N3O2S. The van der Waals surface area contributed by atoms with E-state index in [-0.39, 0.29) is 5.56 Å². The molecule has 2 heterocycles. The van der Waals surface area contributed by atoms with Crippen molar-refractivity contribution in [3.8, 4) is 10.7 Å². The first-order valence-electron chi connectivity index (χ1n) is 5.28. The van der Waals surface area contributed by atoms with Gasteiger partial charge in [0.05, 0.1) is 0 Å². The van der Waals surface area contributed by atoms with Gasteiger partial charge in [0.15, 0.2) is 0 Å². The third-order valence-electron chi connectivity index (χ3n) is 2.18. The molecule has 90 valence electrons. The number of rotatable bonds is 4. The first-order chi connectivity index (χ1) is 8.08. The molecule has 0 aromatic carbocycles. The van der Waals surface area contributed by atoms with E-state index < -0.39 is 5.97 Å². The van der Waals surface area contributed by atoms with Crippen molar-refractivity contribution in [1.29, 1.82) is 0 Å². The van der Waals surface area contributed by atoms with Crippen LogP contribution >= 0.6 is 11.3 Å². The lowest BCUT2D eigenvalue weighted by Gasteiger charge is -2.03. The molecule has 2 aromatic heterocycles. The lowest BCUT2D eigenvalue weighted by molar-refractivity contribution is 0.0697. The van der Waals surface area contributed by atoms with Gasteiger partial charge in [0.25, 0.3) is 0 Å². The second-order valence-corrected chi connectivity index (χ2v) is 5.04. The van der Waals surface area contributed by atoms with E-state index >= 15 is 0 Å². The lowest BCUT2D eigenvalue weighted by Crippen LogP contribution is -2.04. The highest BCUT2D eigenvalue weighted by molar-refractivity contribution is 7.13. The molecule has 0 bridgehead atoms. The molecule has 0 saturated heterocycles. The Morgan fingerprint density at radius 2 is 2.35 bits per heavy atom. The highest BCUT2D eigenvalue weighted by atomic mass is 32.1. The maximum atomic E-state index is 11.1. The zero-order valence-corrected chi connectivity index (χ0v) is 10.4. The quantitative estimate of drug-likeness (QED) is 0.905. The fraction of sp³-hybridized carbons (Fsp3) is 0.364. The van der Waals surface area contributed by atoms with E-state index in [1.807, 2.05) is 5.38 Å². The molecule has 2 aromatic rings. The van der Waals surface area contributed by atoms with Gasteiger partial charge in [0.1, 0.15) is 16.3 Å². The smallest absolute Gasteiger partial charge is 0.339 e. The first kappa shape index (κ1) is 11.8. The summed E-state index contributed by atoms with van der Waals surface area (Å²) in [7, 11) is 0. The van der Waals surface area contributed by atoms with E-state index in [4.69, 9.17) is 5.11 Å². The van der Waals surface area contributed by atoms with Crippen molar-refractivity contribution in [3.05, 3.63) is 23.3 Å². The normalized spacial score (nSPS) is 11.0. The predicted molar refractivity (Wildman–Crippen MR) is 65.1 cm³/mol. The van der Waals surface area contributed by atoms with Crippen molar-refractivity contribution in [3.63, 3.8) is 0 Å². The molecule has 17 heavy (non-hydrogen) atoms. The number of thiazole rings is 1. The van der Waals surface area contributed by atoms with Crippen molar-refractivity contribution in [2.75, 3.05) is 0 Å². The van der Waals surface area contributed by atoms with Crippen molar-refractivity contribution >= 4 is 17.3 Å². The van der Waals surface area contributed by atoms with Crippen molar-refractivity contribution in [2.24, 2.45) is 5.92 Å². The number of nitrogens with zero attached hydrogens (tertiary/aromatic N) is 3. The number of aromatic carboxylic acids is 1. The van der Waals surface area contributed by atoms with Crippen LogP contribution in [0.5, 0.6) is 0 Å². The Labute approximate surface area is 103 Å². The number of hydrogen-bond acceptors (Lipinski definition) is 4. The topological polar surface area (TPSA) is 68.0 Å². The highest BCUT2D eigenvalue weighted by Gasteiger charge is 2.18. The molecule has 0 aliphatic heterocycles. The van der Waals surface area contributed by atoms with Gasteiger partial charge < -0.3 is 5.11 Å². The second-order valence-electron chi connectivity index (χ2n) is 4.15. The summed E-state index contributed by atoms with van der Waals surface area (Å²) in [5.41, 5.74) is 0.661. The maximum absolute atomic E-state index is 11.1. The minimum Gasteiger partial charge on any atom is -0.478 e. The second kappa shape index (κ2) is 4.67. The van der Waals surface area contributed by atoms with Crippen LogP contribution in [-0.4, -0.2) is 25.8 Å². The van der Waals surface area contributed by atoms with Crippen LogP contribution in [0.25, 0.3) is 10.7 Å². The molecule has 6 heteroatoms. The molecule has 0 amide bonds. The number of carboxylic acid groups (broad SMARTS) is 1. The predicted octanol–water partition coefficient (Wildman–Crippen LogP) is 2.36. The molecule has 0 spiro atoms. The average molecular weight is 251 g/mol. The van der Waals surface area contributed by atoms with Gasteiger partial charge in [-0.25, -0.2) is 9.78 Å². The van der Waals surface area contributed by atoms with Crippen LogP contribution in [0.15, 0.2) is 17.8 Å². The molecule has 0 aliphatic rings. The van der Waals surface area contributed by atoms with E-state index in [0.717, 1.165) is 0 Å². The standard InChI is InChI=1S/C11H13N3O2S/c1-7(2)5-14-6-8(11(15)16)9(13-14)10-12-3-4-17-10/h3-4,6-7H,5H2,1-2H3,(H,15,16). The monoisotopic (exact) mass is 251 g/mol. The summed E-state index contributed by atoms with van der Waals surface area (Å²) in [6.07, 6.45) is 3.21. The van der Waals surface area contributed by atoms with E-state index in [1.54, 1.807) is 17.1 Å². The maximum Gasteiger partial charge on any atom is 0.339 e. The molecule has 0 aliphatic carbocycles. The van der Waals surface area contributed by atoms with Crippen LogP contribution < -0.4 is 0 Å². The third kappa shape index (κ3) is 2.52. The van der Waals surface area contributed by atoms with Crippen LogP contribution in [-0.2, 0) is 6.54 Å². The van der Waals surface area contributed by atoms with E-state index in [9.17, 15) is 4.79 Å². The number of aromatic nitrogens is 3. The number of hydrogen-bond donors (Lipinski definition) is 1. The van der Waals surface area contributed by atoms with Gasteiger partial charge in [-0.15, -0.1) is 11.3 Å². The summed E-state index contributed by atoms with van der Waals surface area (Å²) in [6.45, 7) is 4.82. The SMILES string of the molecule is CC(C)Cn1cc(C(=O)O)c(-c2nccs2)n1. The van der Waals surface area contributed by atoms with Gasteiger partial charge in [0.2, 0.25) is 0 Å². The van der Waals surface area contributed by atoms with Crippen LogP contribution in [0.4, 0.5) is 0 Å². The Balaban J connectivity index is 2.43. The molecule has 2 rings (SSSR count). The van der Waals surface area contributed by atoms with E-state index in [1.165, 1.54) is 11.3 Å². The minimum atomic E-state index is -0.967. The molecule has 0 saturated carbocycles. The molecular weight excluding hydrogens is 238 g/mol. The summed E-state index contributed by atoms with van der Waals surface area (Å²) in [5.74, 6) is -0.550. The first-order valence-corrected chi connectivity index (χ1v) is 6.16. The van der Waals surface area contributed by atoms with Crippen LogP contribution in [0.1, 0.15) is 24.2 Å². The van der Waals surface area contributed by atoms with E-state index in [2.05, 4.69) is 23.9 Å². The Bertz CT molecular complexity index is 517. The van der Waals surface area contributed by atoms with Crippen LogP contribution in [0.2, 0.25) is 0 Å². The minimum absolute atomic E-state index is 0.209. The molecule has 0 radical (unpaired) electrons. The van der Waals surface area contributed by atoms with Crippen LogP contribution in [0.3, 0.4) is 0 Å². The van der Waals surface area contributed by atoms with Crippen molar-refractivity contribution in [1.82, 2.24) is 14.8 Å². The summed E-state index contributed by atoms with van der Waals surface area (Å²) < 4.78 is 1.67. The molecule has 5 nitrogen and oxygen atoms in total. The fourth-order valence-corrected chi connectivity index (χ4v) is 2.18. The molecule has 1 N–H and O–H groups in total. The van der Waals surface area contributed by atoms with Gasteiger partial charge in [-0.05, 0) is 5.92 Å². The lowest BCUT2D eigenvalue weighted by atomic mass is 10.2. The summed E-state index contributed by atoms with van der Waals surface area (Å²) >= 11 is 1.39. The van der Waals surface area contributed by atoms with Crippen LogP contribution in [0, 0.1) is 5.92 Å². The zero-order valence-electron chi connectivity index (χ0n) is 9.62. The van der Waals surface area contributed by atoms with Gasteiger partial charge in [-0.2, -0.15) is 5.10 Å². The molecule has 0 unspecified atom stereocenters. The summed E-state index contributed by atoms with van der Waals surface area (Å²) in [6, 6.07) is 0. The highest BCUT2D eigenvalue weighted by Crippen LogP contribution is 2.24. The Morgan fingerprint density at radius 3 is 2.88 bits per heavy atom. The van der Waals surface area contributed by atoms with Gasteiger partial charge in [0, 0.05) is 24.3 Å². The summed E-state index contributed by atoms with van der Waals surface area (Å²) in [4.78, 5) is 15.2. The largest absolute Gasteiger partial charge is 0.478 e. The van der Waals surface area contributed by atoms with Gasteiger partial charge in [-0.1, -0.05) is 13.8 Å². The Morgan fingerprint density at radius 1 is 1.59 bits per heavy atom. The number of carboxylic acids is 1. The molecule has 0 fully saturated rings. The van der Waals surface area contributed by atoms with Gasteiger partial charge >= 0.3 is 5.97 Å². The fourth-order valence-electron chi connectivity index (χ4n) is 1.54. The van der Waals surface area contributed by atoms with Crippen molar-refractivity contribution in [2.45, 2.75) is 20.4 Å². The average Bonchev–Trinajstić information content (AvgIpc) is 2.82. The summed E-state index contributed by atoms with van der Waals surface area (Å²) in [5, 5.41) is 15.9.